The maximum absolute atomic E-state index is 4.25. The van der Waals surface area contributed by atoms with Crippen molar-refractivity contribution < 1.29 is 4.74 Å². The molecule has 108 valence electrons. The minimum atomic E-state index is 0.282. The number of benzene rings is 1. The lowest BCUT2D eigenvalue weighted by Gasteiger charge is -2.31. The molecule has 2 nitrogen and oxygen atoms in total. The highest BCUT2D eigenvalue weighted by Crippen LogP contribution is 2.44. The van der Waals surface area contributed by atoms with Crippen molar-refractivity contribution >= 4 is 5.69 Å². The highest BCUT2D eigenvalue weighted by molar-refractivity contribution is 5.63. The lowest BCUT2D eigenvalue weighted by atomic mass is 9.81. The maximum atomic E-state index is 4.25. The Morgan fingerprint density at radius 2 is 1.79 bits per heavy atom. The number of unbranched alkanes of at least 4 members (excludes halogenated alkanes) is 1. The zero-order chi connectivity index (χ0) is 14.5. The minimum Gasteiger partial charge on any atom is -0.388 e. The van der Waals surface area contributed by atoms with Crippen molar-refractivity contribution in [3.05, 3.63) is 29.8 Å². The first kappa shape index (κ1) is 16.0. The highest BCUT2D eigenvalue weighted by atomic mass is 16.4. The summed E-state index contributed by atoms with van der Waals surface area (Å²) >= 11 is 0. The highest BCUT2D eigenvalue weighted by Gasteiger charge is 2.40. The Bertz CT molecular complexity index is 387. The summed E-state index contributed by atoms with van der Waals surface area (Å²) in [6.07, 6.45) is 2.56. The largest absolute Gasteiger partial charge is 0.388 e. The van der Waals surface area contributed by atoms with Gasteiger partial charge in [-0.3, -0.25) is 0 Å². The first-order chi connectivity index (χ1) is 9.00. The standard InChI is InChI=1S/C15H23N.C2H6O/c1-5-6-11-16-12(2)15(3,4)13-9-7-8-10-14(13)16;1-3-2/h7-10,12H,5-6,11H2,1-4H3;1-2H3. The molecule has 0 fully saturated rings. The van der Waals surface area contributed by atoms with E-state index in [1.165, 1.54) is 30.6 Å². The topological polar surface area (TPSA) is 12.5 Å². The first-order valence-corrected chi connectivity index (χ1v) is 7.27. The fourth-order valence-electron chi connectivity index (χ4n) is 2.73. The van der Waals surface area contributed by atoms with Crippen LogP contribution in [0, 0.1) is 0 Å². The molecule has 1 aliphatic rings. The van der Waals surface area contributed by atoms with E-state index in [9.17, 15) is 0 Å². The van der Waals surface area contributed by atoms with Crippen LogP contribution in [0.5, 0.6) is 0 Å². The zero-order valence-corrected chi connectivity index (χ0v) is 13.4. The van der Waals surface area contributed by atoms with Gasteiger partial charge in [0, 0.05) is 37.9 Å². The molecule has 0 aliphatic carbocycles. The van der Waals surface area contributed by atoms with Crippen molar-refractivity contribution in [3.63, 3.8) is 0 Å². The number of hydrogen-bond acceptors (Lipinski definition) is 2. The molecule has 19 heavy (non-hydrogen) atoms. The molecule has 1 atom stereocenters. The average Bonchev–Trinajstić information content (AvgIpc) is 2.58. The van der Waals surface area contributed by atoms with Gasteiger partial charge in [0.1, 0.15) is 0 Å². The van der Waals surface area contributed by atoms with Gasteiger partial charge in [-0.2, -0.15) is 0 Å². The van der Waals surface area contributed by atoms with Crippen LogP contribution < -0.4 is 4.90 Å². The van der Waals surface area contributed by atoms with Gasteiger partial charge in [0.15, 0.2) is 0 Å². The average molecular weight is 263 g/mol. The van der Waals surface area contributed by atoms with Gasteiger partial charge in [0.25, 0.3) is 0 Å². The molecule has 2 rings (SSSR count). The smallest absolute Gasteiger partial charge is 0.0407 e. The van der Waals surface area contributed by atoms with Gasteiger partial charge in [-0.15, -0.1) is 0 Å². The fraction of sp³-hybridized carbons (Fsp3) is 0.647. The van der Waals surface area contributed by atoms with Crippen LogP contribution in [0.1, 0.15) is 46.1 Å². The lowest BCUT2D eigenvalue weighted by molar-refractivity contribution is 0.277. The van der Waals surface area contributed by atoms with Gasteiger partial charge in [0.05, 0.1) is 0 Å². The Morgan fingerprint density at radius 1 is 1.21 bits per heavy atom. The van der Waals surface area contributed by atoms with Gasteiger partial charge in [-0.25, -0.2) is 0 Å². The molecule has 1 aliphatic heterocycles. The summed E-state index contributed by atoms with van der Waals surface area (Å²) in [4.78, 5) is 2.58. The van der Waals surface area contributed by atoms with E-state index < -0.39 is 0 Å². The molecule has 0 aromatic heterocycles. The molecule has 2 heteroatoms. The summed E-state index contributed by atoms with van der Waals surface area (Å²) < 4.78 is 4.25. The summed E-state index contributed by atoms with van der Waals surface area (Å²) in [6.45, 7) is 10.5. The molecule has 1 aromatic rings. The second-order valence-corrected chi connectivity index (χ2v) is 5.87. The number of methoxy groups -OCH3 is 1. The Balaban J connectivity index is 0.000000550. The molecule has 0 N–H and O–H groups in total. The Morgan fingerprint density at radius 3 is 2.37 bits per heavy atom. The Hall–Kier alpha value is -1.02. The molecule has 1 aromatic carbocycles. The molecule has 1 unspecified atom stereocenters. The van der Waals surface area contributed by atoms with Gasteiger partial charge in [0.2, 0.25) is 0 Å². The summed E-state index contributed by atoms with van der Waals surface area (Å²) in [6, 6.07) is 9.49. The Labute approximate surface area is 118 Å². The van der Waals surface area contributed by atoms with Crippen LogP contribution in [0.4, 0.5) is 5.69 Å². The van der Waals surface area contributed by atoms with Crippen LogP contribution in [0.25, 0.3) is 0 Å². The van der Waals surface area contributed by atoms with Gasteiger partial charge >= 0.3 is 0 Å². The van der Waals surface area contributed by atoms with Crippen molar-refractivity contribution in [1.29, 1.82) is 0 Å². The number of para-hydroxylation sites is 1. The minimum absolute atomic E-state index is 0.282. The first-order valence-electron chi connectivity index (χ1n) is 7.27. The molecule has 0 saturated heterocycles. The van der Waals surface area contributed by atoms with Crippen LogP contribution in [-0.4, -0.2) is 26.8 Å². The van der Waals surface area contributed by atoms with E-state index in [2.05, 4.69) is 61.6 Å². The van der Waals surface area contributed by atoms with Crippen molar-refractivity contribution in [2.45, 2.75) is 52.0 Å². The van der Waals surface area contributed by atoms with Crippen molar-refractivity contribution in [3.8, 4) is 0 Å². The second-order valence-electron chi connectivity index (χ2n) is 5.87. The van der Waals surface area contributed by atoms with E-state index in [4.69, 9.17) is 0 Å². The number of anilines is 1. The summed E-state index contributed by atoms with van der Waals surface area (Å²) in [5, 5.41) is 0. The van der Waals surface area contributed by atoms with Crippen LogP contribution in [0.3, 0.4) is 0 Å². The normalized spacial score (nSPS) is 19.7. The van der Waals surface area contributed by atoms with Crippen LogP contribution >= 0.6 is 0 Å². The second kappa shape index (κ2) is 6.95. The fourth-order valence-corrected chi connectivity index (χ4v) is 2.73. The Kier molecular flexibility index (Phi) is 5.86. The van der Waals surface area contributed by atoms with Gasteiger partial charge in [-0.05, 0) is 25.0 Å². The molecular formula is C17H29NO. The number of hydrogen-bond donors (Lipinski definition) is 0. The van der Waals surface area contributed by atoms with Gasteiger partial charge in [-0.1, -0.05) is 45.4 Å². The molecule has 0 saturated carbocycles. The predicted molar refractivity (Wildman–Crippen MR) is 84.1 cm³/mol. The molecule has 0 bridgehead atoms. The summed E-state index contributed by atoms with van der Waals surface area (Å²) in [7, 11) is 3.25. The number of fused-ring (bicyclic) bond motifs is 1. The third kappa shape index (κ3) is 3.30. The maximum Gasteiger partial charge on any atom is 0.0407 e. The van der Waals surface area contributed by atoms with E-state index >= 15 is 0 Å². The van der Waals surface area contributed by atoms with E-state index in [1.807, 2.05) is 0 Å². The van der Waals surface area contributed by atoms with Crippen LogP contribution in [0.15, 0.2) is 24.3 Å². The van der Waals surface area contributed by atoms with E-state index in [-0.39, 0.29) is 5.41 Å². The molecule has 1 heterocycles. The number of rotatable bonds is 3. The van der Waals surface area contributed by atoms with Crippen LogP contribution in [-0.2, 0) is 10.2 Å². The molecular weight excluding hydrogens is 234 g/mol. The SMILES string of the molecule is CCCCN1c2ccccc2C(C)(C)C1C.COC. The monoisotopic (exact) mass is 263 g/mol. The van der Waals surface area contributed by atoms with E-state index in [0.717, 1.165) is 0 Å². The zero-order valence-electron chi connectivity index (χ0n) is 13.4. The van der Waals surface area contributed by atoms with Crippen LogP contribution in [0.2, 0.25) is 0 Å². The van der Waals surface area contributed by atoms with E-state index in [0.29, 0.717) is 6.04 Å². The summed E-state index contributed by atoms with van der Waals surface area (Å²) in [5.74, 6) is 0. The summed E-state index contributed by atoms with van der Waals surface area (Å²) in [5.41, 5.74) is 3.25. The van der Waals surface area contributed by atoms with Crippen molar-refractivity contribution in [2.24, 2.45) is 0 Å². The number of nitrogens with zero attached hydrogens (tertiary/aromatic N) is 1. The van der Waals surface area contributed by atoms with Gasteiger partial charge < -0.3 is 9.64 Å². The van der Waals surface area contributed by atoms with Crippen molar-refractivity contribution in [1.82, 2.24) is 0 Å². The lowest BCUT2D eigenvalue weighted by Crippen LogP contribution is -2.39. The quantitative estimate of drug-likeness (QED) is 0.809. The molecule has 0 radical (unpaired) electrons. The predicted octanol–water partition coefficient (Wildman–Crippen LogP) is 4.24. The molecule has 0 spiro atoms. The van der Waals surface area contributed by atoms with E-state index in [1.54, 1.807) is 14.2 Å². The molecule has 0 amide bonds. The number of ether oxygens (including phenoxy) is 1. The third-order valence-electron chi connectivity index (χ3n) is 4.17. The third-order valence-corrected chi connectivity index (χ3v) is 4.17. The van der Waals surface area contributed by atoms with Crippen molar-refractivity contribution in [2.75, 3.05) is 25.7 Å².